The minimum atomic E-state index is -4.00. The zero-order valence-corrected chi connectivity index (χ0v) is 14.9. The first-order chi connectivity index (χ1) is 11.1. The van der Waals surface area contributed by atoms with Crippen LogP contribution in [0.1, 0.15) is 25.0 Å². The van der Waals surface area contributed by atoms with E-state index in [0.29, 0.717) is 5.56 Å². The van der Waals surface area contributed by atoms with Gasteiger partial charge in [-0.1, -0.05) is 29.8 Å². The summed E-state index contributed by atoms with van der Waals surface area (Å²) in [6.07, 6.45) is 1.43. The fourth-order valence-electron chi connectivity index (χ4n) is 2.04. The Morgan fingerprint density at radius 2 is 1.88 bits per heavy atom. The Bertz CT molecular complexity index is 808. The minimum absolute atomic E-state index is 0.0536. The zero-order chi connectivity index (χ0) is 18.1. The van der Waals surface area contributed by atoms with Gasteiger partial charge in [0.05, 0.1) is 17.9 Å². The number of carbonyl (C=O) groups excluding carboxylic acids is 1. The first kappa shape index (κ1) is 18.2. The van der Waals surface area contributed by atoms with Crippen LogP contribution in [0, 0.1) is 6.92 Å². The van der Waals surface area contributed by atoms with Gasteiger partial charge in [0.2, 0.25) is 0 Å². The molecule has 2 rings (SSSR count). The Morgan fingerprint density at radius 3 is 2.42 bits per heavy atom. The number of hydrogen-bond acceptors (Lipinski definition) is 4. The molecule has 0 spiro atoms. The molecule has 0 atom stereocenters. The number of aliphatic hydroxyl groups excluding tert-OH is 1. The van der Waals surface area contributed by atoms with Crippen LogP contribution in [0.3, 0.4) is 0 Å². The summed E-state index contributed by atoms with van der Waals surface area (Å²) in [6, 6.07) is 7.17. The van der Waals surface area contributed by atoms with E-state index in [9.17, 15) is 18.3 Å². The molecule has 0 saturated heterocycles. The lowest BCUT2D eigenvalue weighted by Gasteiger charge is -2.28. The number of rotatable bonds is 4. The summed E-state index contributed by atoms with van der Waals surface area (Å²) < 4.78 is 29.1. The molecule has 24 heavy (non-hydrogen) atoms. The Hall–Kier alpha value is -2.19. The highest BCUT2D eigenvalue weighted by Crippen LogP contribution is 2.20. The summed E-state index contributed by atoms with van der Waals surface area (Å²) in [5.41, 5.74) is 0.897. The average molecular weight is 351 g/mol. The van der Waals surface area contributed by atoms with Crippen LogP contribution in [-0.4, -0.2) is 48.6 Å². The van der Waals surface area contributed by atoms with E-state index in [1.807, 2.05) is 19.1 Å². The average Bonchev–Trinajstić information content (AvgIpc) is 2.50. The second-order valence-electron chi connectivity index (χ2n) is 6.31. The lowest BCUT2D eigenvalue weighted by Crippen LogP contribution is -2.49. The van der Waals surface area contributed by atoms with Crippen LogP contribution in [0.15, 0.2) is 40.4 Å². The van der Waals surface area contributed by atoms with Crippen LogP contribution >= 0.6 is 0 Å². The van der Waals surface area contributed by atoms with Gasteiger partial charge in [-0.2, -0.15) is 8.42 Å². The fraction of sp³-hybridized carbons (Fsp3) is 0.375. The molecule has 0 aromatic heterocycles. The smallest absolute Gasteiger partial charge is 0.345 e. The van der Waals surface area contributed by atoms with E-state index >= 15 is 0 Å². The molecule has 0 fully saturated rings. The molecular weight excluding hydrogens is 330 g/mol. The number of nitrogens with zero attached hydrogens (tertiary/aromatic N) is 2. The summed E-state index contributed by atoms with van der Waals surface area (Å²) in [7, 11) is -2.73. The topological polar surface area (TPSA) is 99.1 Å². The lowest BCUT2D eigenvalue weighted by atomic mass is 10.1. The maximum atomic E-state index is 12.5. The predicted molar refractivity (Wildman–Crippen MR) is 91.8 cm³/mol. The van der Waals surface area contributed by atoms with Crippen molar-refractivity contribution in [3.63, 3.8) is 0 Å². The first-order valence-electron chi connectivity index (χ1n) is 7.37. The van der Waals surface area contributed by atoms with Gasteiger partial charge in [-0.25, -0.2) is 4.31 Å². The van der Waals surface area contributed by atoms with E-state index in [2.05, 4.69) is 9.71 Å². The molecule has 0 bridgehead atoms. The SMILES string of the molecule is Cc1ccc(C2=NS(=O)(=O)N(C)C(C(=O)NC(C)(C)CO)=C2)cc1. The van der Waals surface area contributed by atoms with Gasteiger partial charge in [0.1, 0.15) is 5.70 Å². The van der Waals surface area contributed by atoms with Gasteiger partial charge in [0.15, 0.2) is 0 Å². The van der Waals surface area contributed by atoms with Crippen LogP contribution in [-0.2, 0) is 15.0 Å². The van der Waals surface area contributed by atoms with Gasteiger partial charge in [-0.15, -0.1) is 4.40 Å². The van der Waals surface area contributed by atoms with Gasteiger partial charge < -0.3 is 10.4 Å². The van der Waals surface area contributed by atoms with Gasteiger partial charge in [0.25, 0.3) is 5.91 Å². The Morgan fingerprint density at radius 1 is 1.29 bits per heavy atom. The first-order valence-corrected chi connectivity index (χ1v) is 8.76. The van der Waals surface area contributed by atoms with Gasteiger partial charge in [0, 0.05) is 12.6 Å². The van der Waals surface area contributed by atoms with Crippen LogP contribution in [0.2, 0.25) is 0 Å². The van der Waals surface area contributed by atoms with Crippen molar-refractivity contribution in [1.29, 1.82) is 0 Å². The molecule has 1 aromatic carbocycles. The summed E-state index contributed by atoms with van der Waals surface area (Å²) in [4.78, 5) is 12.5. The van der Waals surface area contributed by atoms with Gasteiger partial charge in [-0.3, -0.25) is 4.79 Å². The second-order valence-corrected chi connectivity index (χ2v) is 7.94. The third-order valence-corrected chi connectivity index (χ3v) is 4.92. The second kappa shape index (κ2) is 6.37. The van der Waals surface area contributed by atoms with E-state index < -0.39 is 21.7 Å². The third-order valence-electron chi connectivity index (χ3n) is 3.60. The third kappa shape index (κ3) is 3.82. The molecule has 1 heterocycles. The number of hydrogen-bond donors (Lipinski definition) is 2. The molecule has 1 aliphatic rings. The molecule has 8 heteroatoms. The standard InChI is InChI=1S/C16H21N3O4S/c1-11-5-7-12(8-6-11)13-9-14(19(4)24(22,23)18-13)15(21)17-16(2,3)10-20/h5-9,20H,10H2,1-4H3,(H,17,21). The number of allylic oxidation sites excluding steroid dienone is 1. The van der Waals surface area contributed by atoms with E-state index in [1.165, 1.54) is 13.1 Å². The predicted octanol–water partition coefficient (Wildman–Crippen LogP) is 0.745. The van der Waals surface area contributed by atoms with Crippen molar-refractivity contribution >= 4 is 21.8 Å². The van der Waals surface area contributed by atoms with Crippen molar-refractivity contribution in [3.05, 3.63) is 47.2 Å². The van der Waals surface area contributed by atoms with Crippen LogP contribution in [0.5, 0.6) is 0 Å². The molecule has 1 aliphatic heterocycles. The molecule has 7 nitrogen and oxygen atoms in total. The number of aliphatic hydroxyl groups is 1. The van der Waals surface area contributed by atoms with Crippen molar-refractivity contribution in [2.45, 2.75) is 26.3 Å². The molecule has 0 saturated carbocycles. The molecule has 130 valence electrons. The highest BCUT2D eigenvalue weighted by atomic mass is 32.2. The van der Waals surface area contributed by atoms with Crippen molar-refractivity contribution in [2.24, 2.45) is 4.40 Å². The van der Waals surface area contributed by atoms with E-state index in [1.54, 1.807) is 26.0 Å². The highest BCUT2D eigenvalue weighted by molar-refractivity contribution is 7.88. The van der Waals surface area contributed by atoms with E-state index in [4.69, 9.17) is 0 Å². The molecule has 2 N–H and O–H groups in total. The molecule has 0 aliphatic carbocycles. The molecule has 1 aromatic rings. The van der Waals surface area contributed by atoms with Gasteiger partial charge >= 0.3 is 10.2 Å². The number of amides is 1. The number of benzene rings is 1. The van der Waals surface area contributed by atoms with E-state index in [0.717, 1.165) is 9.87 Å². The molecular formula is C16H21N3O4S. The van der Waals surface area contributed by atoms with Crippen molar-refractivity contribution in [3.8, 4) is 0 Å². The number of carbonyl (C=O) groups is 1. The van der Waals surface area contributed by atoms with Gasteiger partial charge in [-0.05, 0) is 26.8 Å². The molecule has 0 radical (unpaired) electrons. The normalized spacial score (nSPS) is 17.1. The highest BCUT2D eigenvalue weighted by Gasteiger charge is 2.32. The number of aryl methyl sites for hydroxylation is 1. The number of likely N-dealkylation sites (N-methyl/N-ethyl adjacent to an activating group) is 1. The maximum Gasteiger partial charge on any atom is 0.345 e. The quantitative estimate of drug-likeness (QED) is 0.836. The summed E-state index contributed by atoms with van der Waals surface area (Å²) in [5, 5.41) is 11.9. The molecule has 1 amide bonds. The van der Waals surface area contributed by atoms with Crippen LogP contribution < -0.4 is 5.32 Å². The summed E-state index contributed by atoms with van der Waals surface area (Å²) in [5.74, 6) is -0.598. The summed E-state index contributed by atoms with van der Waals surface area (Å²) >= 11 is 0. The summed E-state index contributed by atoms with van der Waals surface area (Å²) in [6.45, 7) is 4.92. The van der Waals surface area contributed by atoms with E-state index in [-0.39, 0.29) is 18.0 Å². The largest absolute Gasteiger partial charge is 0.394 e. The zero-order valence-electron chi connectivity index (χ0n) is 14.1. The monoisotopic (exact) mass is 351 g/mol. The van der Waals surface area contributed by atoms with Crippen molar-refractivity contribution < 1.29 is 18.3 Å². The maximum absolute atomic E-state index is 12.5. The van der Waals surface area contributed by atoms with Crippen molar-refractivity contribution in [1.82, 2.24) is 9.62 Å². The Labute approximate surface area is 141 Å². The van der Waals surface area contributed by atoms with Crippen LogP contribution in [0.4, 0.5) is 0 Å². The Balaban J connectivity index is 2.45. The lowest BCUT2D eigenvalue weighted by molar-refractivity contribution is -0.120. The van der Waals surface area contributed by atoms with Crippen LogP contribution in [0.25, 0.3) is 0 Å². The van der Waals surface area contributed by atoms with Crippen molar-refractivity contribution in [2.75, 3.05) is 13.7 Å². The fourth-order valence-corrected chi connectivity index (χ4v) is 2.95. The Kier molecular flexibility index (Phi) is 4.82. The number of nitrogens with one attached hydrogen (secondary N) is 1. The molecule has 0 unspecified atom stereocenters. The minimum Gasteiger partial charge on any atom is -0.394 e.